The third-order valence-corrected chi connectivity index (χ3v) is 6.94. The lowest BCUT2D eigenvalue weighted by Gasteiger charge is -2.19. The van der Waals surface area contributed by atoms with Crippen LogP contribution in [0.3, 0.4) is 0 Å². The summed E-state index contributed by atoms with van der Waals surface area (Å²) in [7, 11) is -6.76. The highest BCUT2D eigenvalue weighted by atomic mass is 32.2. The summed E-state index contributed by atoms with van der Waals surface area (Å²) in [6, 6.07) is 6.36. The molecule has 0 radical (unpaired) electrons. The molecule has 1 aliphatic heterocycles. The van der Waals surface area contributed by atoms with Crippen LogP contribution in [0.15, 0.2) is 29.2 Å². The van der Waals surface area contributed by atoms with Gasteiger partial charge in [-0.3, -0.25) is 0 Å². The van der Waals surface area contributed by atoms with Gasteiger partial charge in [0.25, 0.3) is 0 Å². The molecule has 2 rings (SSSR count). The first kappa shape index (κ1) is 15.4. The molecule has 112 valence electrons. The third-order valence-electron chi connectivity index (χ3n) is 3.31. The van der Waals surface area contributed by atoms with Crippen LogP contribution < -0.4 is 5.73 Å². The second-order valence-corrected chi connectivity index (χ2v) is 9.00. The van der Waals surface area contributed by atoms with Gasteiger partial charge in [0.15, 0.2) is 9.84 Å². The Labute approximate surface area is 119 Å². The summed E-state index contributed by atoms with van der Waals surface area (Å²) in [4.78, 5) is 0.175. The van der Waals surface area contributed by atoms with Crippen molar-refractivity contribution in [3.05, 3.63) is 29.8 Å². The van der Waals surface area contributed by atoms with E-state index in [0.29, 0.717) is 13.0 Å². The van der Waals surface area contributed by atoms with Gasteiger partial charge in [-0.1, -0.05) is 12.1 Å². The Balaban J connectivity index is 2.25. The van der Waals surface area contributed by atoms with Crippen LogP contribution in [0.1, 0.15) is 12.0 Å². The maximum Gasteiger partial charge on any atom is 0.243 e. The molecule has 1 aromatic rings. The molecule has 1 fully saturated rings. The van der Waals surface area contributed by atoms with E-state index in [1.807, 2.05) is 0 Å². The van der Waals surface area contributed by atoms with Crippen molar-refractivity contribution in [2.24, 2.45) is 5.73 Å². The summed E-state index contributed by atoms with van der Waals surface area (Å²) in [5, 5.41) is 0. The average Bonchev–Trinajstić information content (AvgIpc) is 2.60. The molecule has 0 aliphatic carbocycles. The van der Waals surface area contributed by atoms with E-state index in [4.69, 9.17) is 5.73 Å². The van der Waals surface area contributed by atoms with E-state index in [9.17, 15) is 16.8 Å². The first-order chi connectivity index (χ1) is 9.35. The topological polar surface area (TPSA) is 97.5 Å². The third kappa shape index (κ3) is 3.38. The standard InChI is InChI=1S/C12H18N2O4S2/c13-10-11-2-4-12(5-3-11)20(17,18)14-6-1-8-19(15,16)9-7-14/h2-5H,1,6-10,13H2. The molecule has 0 bridgehead atoms. The monoisotopic (exact) mass is 318 g/mol. The highest BCUT2D eigenvalue weighted by molar-refractivity contribution is 7.91. The molecule has 1 aliphatic rings. The van der Waals surface area contributed by atoms with Gasteiger partial charge < -0.3 is 5.73 Å². The predicted molar refractivity (Wildman–Crippen MR) is 76.4 cm³/mol. The SMILES string of the molecule is NCc1ccc(S(=O)(=O)N2CCCS(=O)(=O)CC2)cc1. The number of hydrogen-bond donors (Lipinski definition) is 1. The predicted octanol–water partition coefficient (Wildman–Crippen LogP) is -0.0455. The lowest BCUT2D eigenvalue weighted by Crippen LogP contribution is -2.33. The molecular formula is C12H18N2O4S2. The van der Waals surface area contributed by atoms with Crippen LogP contribution in [0.2, 0.25) is 0 Å². The largest absolute Gasteiger partial charge is 0.326 e. The first-order valence-corrected chi connectivity index (χ1v) is 9.61. The number of nitrogens with zero attached hydrogens (tertiary/aromatic N) is 1. The molecule has 0 unspecified atom stereocenters. The fourth-order valence-electron chi connectivity index (χ4n) is 2.10. The average molecular weight is 318 g/mol. The zero-order chi connectivity index (χ0) is 14.8. The van der Waals surface area contributed by atoms with Crippen LogP contribution in [0.25, 0.3) is 0 Å². The van der Waals surface area contributed by atoms with Gasteiger partial charge in [-0.05, 0) is 24.1 Å². The van der Waals surface area contributed by atoms with Crippen molar-refractivity contribution in [1.29, 1.82) is 0 Å². The van der Waals surface area contributed by atoms with Crippen LogP contribution in [-0.2, 0) is 26.4 Å². The molecule has 20 heavy (non-hydrogen) atoms. The van der Waals surface area contributed by atoms with E-state index in [-0.39, 0.29) is 29.5 Å². The minimum Gasteiger partial charge on any atom is -0.326 e. The van der Waals surface area contributed by atoms with Gasteiger partial charge in [-0.25, -0.2) is 16.8 Å². The highest BCUT2D eigenvalue weighted by Crippen LogP contribution is 2.18. The number of sulfonamides is 1. The molecule has 1 saturated heterocycles. The quantitative estimate of drug-likeness (QED) is 0.843. The molecule has 0 aromatic heterocycles. The molecule has 1 heterocycles. The van der Waals surface area contributed by atoms with Gasteiger partial charge in [-0.15, -0.1) is 0 Å². The molecule has 0 atom stereocenters. The van der Waals surface area contributed by atoms with Crippen LogP contribution in [0.5, 0.6) is 0 Å². The zero-order valence-corrected chi connectivity index (χ0v) is 12.7. The van der Waals surface area contributed by atoms with Crippen molar-refractivity contribution in [3.63, 3.8) is 0 Å². The fourth-order valence-corrected chi connectivity index (χ4v) is 4.97. The van der Waals surface area contributed by atoms with Crippen LogP contribution in [0, 0.1) is 0 Å². The summed E-state index contributed by atoms with van der Waals surface area (Å²) in [5.41, 5.74) is 6.33. The van der Waals surface area contributed by atoms with E-state index in [1.54, 1.807) is 12.1 Å². The summed E-state index contributed by atoms with van der Waals surface area (Å²) in [5.74, 6) is -0.0712. The van der Waals surface area contributed by atoms with Gasteiger partial charge in [0, 0.05) is 19.6 Å². The lowest BCUT2D eigenvalue weighted by molar-refractivity contribution is 0.434. The fraction of sp³-hybridized carbons (Fsp3) is 0.500. The highest BCUT2D eigenvalue weighted by Gasteiger charge is 2.28. The summed E-state index contributed by atoms with van der Waals surface area (Å²) < 4.78 is 49.2. The molecular weight excluding hydrogens is 300 g/mol. The van der Waals surface area contributed by atoms with E-state index in [0.717, 1.165) is 5.56 Å². The first-order valence-electron chi connectivity index (χ1n) is 6.35. The second-order valence-electron chi connectivity index (χ2n) is 4.76. The minimum atomic E-state index is -3.63. The van der Waals surface area contributed by atoms with E-state index >= 15 is 0 Å². The van der Waals surface area contributed by atoms with Crippen molar-refractivity contribution in [2.75, 3.05) is 24.6 Å². The number of hydrogen-bond acceptors (Lipinski definition) is 5. The minimum absolute atomic E-state index is 0.0172. The normalized spacial score (nSPS) is 20.4. The van der Waals surface area contributed by atoms with E-state index < -0.39 is 19.9 Å². The smallest absolute Gasteiger partial charge is 0.243 e. The number of rotatable bonds is 3. The van der Waals surface area contributed by atoms with Gasteiger partial charge in [-0.2, -0.15) is 4.31 Å². The summed E-state index contributed by atoms with van der Waals surface area (Å²) in [6.07, 6.45) is 0.336. The molecule has 8 heteroatoms. The lowest BCUT2D eigenvalue weighted by atomic mass is 10.2. The van der Waals surface area contributed by atoms with Gasteiger partial charge >= 0.3 is 0 Å². The van der Waals surface area contributed by atoms with Crippen LogP contribution >= 0.6 is 0 Å². The zero-order valence-electron chi connectivity index (χ0n) is 11.0. The Kier molecular flexibility index (Phi) is 4.48. The van der Waals surface area contributed by atoms with Crippen molar-refractivity contribution >= 4 is 19.9 Å². The molecule has 0 amide bonds. The van der Waals surface area contributed by atoms with Gasteiger partial charge in [0.2, 0.25) is 10.0 Å². The maximum absolute atomic E-state index is 12.5. The Morgan fingerprint density at radius 1 is 1.10 bits per heavy atom. The van der Waals surface area contributed by atoms with E-state index in [2.05, 4.69) is 0 Å². The van der Waals surface area contributed by atoms with Crippen LogP contribution in [0.4, 0.5) is 0 Å². The van der Waals surface area contributed by atoms with E-state index in [1.165, 1.54) is 16.4 Å². The van der Waals surface area contributed by atoms with Crippen LogP contribution in [-0.4, -0.2) is 45.7 Å². The summed E-state index contributed by atoms with van der Waals surface area (Å²) in [6.45, 7) is 0.603. The number of benzene rings is 1. The molecule has 6 nitrogen and oxygen atoms in total. The Bertz CT molecular complexity index is 666. The Hall–Kier alpha value is -0.960. The van der Waals surface area contributed by atoms with Crippen molar-refractivity contribution in [1.82, 2.24) is 4.31 Å². The molecule has 2 N–H and O–H groups in total. The molecule has 1 aromatic carbocycles. The Morgan fingerprint density at radius 2 is 1.75 bits per heavy atom. The van der Waals surface area contributed by atoms with Crippen molar-refractivity contribution in [3.8, 4) is 0 Å². The van der Waals surface area contributed by atoms with Crippen molar-refractivity contribution in [2.45, 2.75) is 17.9 Å². The Morgan fingerprint density at radius 3 is 2.35 bits per heavy atom. The van der Waals surface area contributed by atoms with Gasteiger partial charge in [0.1, 0.15) is 0 Å². The second kappa shape index (κ2) is 5.80. The number of sulfone groups is 1. The molecule has 0 saturated carbocycles. The number of nitrogens with two attached hydrogens (primary N) is 1. The summed E-state index contributed by atoms with van der Waals surface area (Å²) >= 11 is 0. The molecule has 0 spiro atoms. The van der Waals surface area contributed by atoms with Crippen molar-refractivity contribution < 1.29 is 16.8 Å². The van der Waals surface area contributed by atoms with Gasteiger partial charge in [0.05, 0.1) is 16.4 Å². The maximum atomic E-state index is 12.5.